The smallest absolute Gasteiger partial charge is 0.181 e. The van der Waals surface area contributed by atoms with Gasteiger partial charge < -0.3 is 10.2 Å². The monoisotopic (exact) mass is 350 g/mol. The van der Waals surface area contributed by atoms with Crippen molar-refractivity contribution < 1.29 is 0 Å². The largest absolute Gasteiger partial charge is 0.375 e. The van der Waals surface area contributed by atoms with Crippen LogP contribution in [0.2, 0.25) is 0 Å². The summed E-state index contributed by atoms with van der Waals surface area (Å²) in [5, 5.41) is 11.1. The number of hydrogen-bond acceptors (Lipinski definition) is 5. The third-order valence-electron chi connectivity index (χ3n) is 4.51. The van der Waals surface area contributed by atoms with Crippen LogP contribution >= 0.6 is 0 Å². The summed E-state index contributed by atoms with van der Waals surface area (Å²) in [6.07, 6.45) is 4.46. The van der Waals surface area contributed by atoms with Gasteiger partial charge in [0, 0.05) is 30.2 Å². The number of nitrogens with zero attached hydrogens (tertiary/aromatic N) is 4. The maximum Gasteiger partial charge on any atom is 0.181 e. The van der Waals surface area contributed by atoms with Crippen LogP contribution in [0.5, 0.6) is 0 Å². The van der Waals surface area contributed by atoms with E-state index in [2.05, 4.69) is 51.4 Å². The summed E-state index contributed by atoms with van der Waals surface area (Å²) in [5.74, 6) is 1.55. The predicted molar refractivity (Wildman–Crippen MR) is 105 cm³/mol. The summed E-state index contributed by atoms with van der Waals surface area (Å²) in [6, 6.07) is 14.1. The highest BCUT2D eigenvalue weighted by Gasteiger charge is 2.18. The summed E-state index contributed by atoms with van der Waals surface area (Å²) in [7, 11) is 0. The number of pyridine rings is 1. The van der Waals surface area contributed by atoms with E-state index >= 15 is 0 Å². The van der Waals surface area contributed by atoms with Gasteiger partial charge in [0.1, 0.15) is 5.82 Å². The van der Waals surface area contributed by atoms with Crippen LogP contribution in [0.25, 0.3) is 11.4 Å². The summed E-state index contributed by atoms with van der Waals surface area (Å²) in [5.41, 5.74) is 2.05. The van der Waals surface area contributed by atoms with E-state index in [4.69, 9.17) is 4.98 Å². The molecule has 0 radical (unpaired) electrons. The fourth-order valence-electron chi connectivity index (χ4n) is 2.92. The molecule has 3 rings (SSSR count). The van der Waals surface area contributed by atoms with Crippen LogP contribution in [0.3, 0.4) is 0 Å². The molecule has 1 unspecified atom stereocenters. The minimum absolute atomic E-state index is 0.0705. The van der Waals surface area contributed by atoms with E-state index < -0.39 is 0 Å². The number of nitrogens with one attached hydrogen (secondary N) is 2. The Labute approximate surface area is 154 Å². The first-order valence-electron chi connectivity index (χ1n) is 9.16. The predicted octanol–water partition coefficient (Wildman–Crippen LogP) is 3.75. The van der Waals surface area contributed by atoms with Gasteiger partial charge >= 0.3 is 0 Å². The number of benzene rings is 1. The Kier molecular flexibility index (Phi) is 6.33. The van der Waals surface area contributed by atoms with Crippen molar-refractivity contribution in [3.63, 3.8) is 0 Å². The Hall–Kier alpha value is -2.73. The van der Waals surface area contributed by atoms with Crippen molar-refractivity contribution in [3.8, 4) is 11.4 Å². The lowest BCUT2D eigenvalue weighted by atomic mass is 10.1. The molecular formula is C20H26N6. The molecule has 136 valence electrons. The number of aromatic nitrogens is 4. The van der Waals surface area contributed by atoms with E-state index in [1.807, 2.05) is 30.3 Å². The molecule has 1 atom stereocenters. The fraction of sp³-hybridized carbons (Fsp3) is 0.350. The van der Waals surface area contributed by atoms with Crippen LogP contribution in [0.4, 0.5) is 5.69 Å². The highest BCUT2D eigenvalue weighted by atomic mass is 15.2. The molecule has 6 nitrogen and oxygen atoms in total. The van der Waals surface area contributed by atoms with Crippen LogP contribution in [0.1, 0.15) is 32.1 Å². The summed E-state index contributed by atoms with van der Waals surface area (Å²) in [4.78, 5) is 11.2. The first-order valence-corrected chi connectivity index (χ1v) is 9.16. The Balaban J connectivity index is 1.79. The van der Waals surface area contributed by atoms with Crippen LogP contribution < -0.4 is 5.32 Å². The molecule has 0 saturated carbocycles. The lowest BCUT2D eigenvalue weighted by Gasteiger charge is -2.23. The van der Waals surface area contributed by atoms with Gasteiger partial charge in [0.15, 0.2) is 5.82 Å². The van der Waals surface area contributed by atoms with E-state index in [0.29, 0.717) is 5.82 Å². The molecular weight excluding hydrogens is 324 g/mol. The summed E-state index contributed by atoms with van der Waals surface area (Å²) >= 11 is 0. The van der Waals surface area contributed by atoms with Gasteiger partial charge in [-0.2, -0.15) is 5.10 Å². The van der Waals surface area contributed by atoms with Gasteiger partial charge in [-0.1, -0.05) is 32.0 Å². The van der Waals surface area contributed by atoms with Crippen molar-refractivity contribution >= 4 is 5.69 Å². The van der Waals surface area contributed by atoms with Crippen molar-refractivity contribution in [1.29, 1.82) is 0 Å². The third-order valence-corrected chi connectivity index (χ3v) is 4.51. The van der Waals surface area contributed by atoms with Crippen molar-refractivity contribution in [3.05, 3.63) is 60.7 Å². The normalized spacial score (nSPS) is 12.3. The number of anilines is 1. The van der Waals surface area contributed by atoms with Crippen LogP contribution in [0.15, 0.2) is 54.9 Å². The highest BCUT2D eigenvalue weighted by molar-refractivity contribution is 5.53. The molecule has 2 aromatic heterocycles. The average molecular weight is 350 g/mol. The zero-order valence-electron chi connectivity index (χ0n) is 15.4. The van der Waals surface area contributed by atoms with E-state index in [0.717, 1.165) is 43.1 Å². The standard InChI is InChI=1S/C20H26N6/c1-3-26(4-2)15-12-18(22-17-8-6-5-7-9-17)20-23-19(24-25-20)16-10-13-21-14-11-16/h5-11,13-14,18,22H,3-4,12,15H2,1-2H3,(H,23,24,25). The lowest BCUT2D eigenvalue weighted by Crippen LogP contribution is -2.27. The minimum atomic E-state index is 0.0705. The van der Waals surface area contributed by atoms with Crippen LogP contribution in [-0.4, -0.2) is 44.7 Å². The molecule has 1 aromatic carbocycles. The molecule has 2 heterocycles. The minimum Gasteiger partial charge on any atom is -0.375 e. The number of H-pyrrole nitrogens is 1. The van der Waals surface area contributed by atoms with Gasteiger partial charge in [-0.25, -0.2) is 4.98 Å². The van der Waals surface area contributed by atoms with Crippen molar-refractivity contribution in [2.45, 2.75) is 26.3 Å². The molecule has 6 heteroatoms. The van der Waals surface area contributed by atoms with Gasteiger partial charge in [0.25, 0.3) is 0 Å². The second kappa shape index (κ2) is 9.10. The molecule has 0 aliphatic rings. The maximum atomic E-state index is 4.73. The third kappa shape index (κ3) is 4.67. The van der Waals surface area contributed by atoms with Crippen LogP contribution in [-0.2, 0) is 0 Å². The molecule has 0 amide bonds. The van der Waals surface area contributed by atoms with E-state index in [1.165, 1.54) is 0 Å². The Morgan fingerprint density at radius 2 is 1.77 bits per heavy atom. The topological polar surface area (TPSA) is 69.7 Å². The van der Waals surface area contributed by atoms with E-state index in [1.54, 1.807) is 12.4 Å². The zero-order valence-corrected chi connectivity index (χ0v) is 15.4. The Morgan fingerprint density at radius 3 is 2.46 bits per heavy atom. The van der Waals surface area contributed by atoms with Crippen molar-refractivity contribution in [1.82, 2.24) is 25.1 Å². The van der Waals surface area contributed by atoms with Crippen molar-refractivity contribution in [2.75, 3.05) is 25.0 Å². The van der Waals surface area contributed by atoms with E-state index in [-0.39, 0.29) is 6.04 Å². The zero-order chi connectivity index (χ0) is 18.2. The maximum absolute atomic E-state index is 4.73. The van der Waals surface area contributed by atoms with Crippen molar-refractivity contribution in [2.24, 2.45) is 0 Å². The first-order chi connectivity index (χ1) is 12.8. The quantitative estimate of drug-likeness (QED) is 0.615. The van der Waals surface area contributed by atoms with Gasteiger partial charge in [0.05, 0.1) is 6.04 Å². The molecule has 0 saturated heterocycles. The molecule has 2 N–H and O–H groups in total. The molecule has 0 aliphatic heterocycles. The second-order valence-electron chi connectivity index (χ2n) is 6.16. The van der Waals surface area contributed by atoms with Gasteiger partial charge in [-0.15, -0.1) is 0 Å². The Morgan fingerprint density at radius 1 is 1.04 bits per heavy atom. The lowest BCUT2D eigenvalue weighted by molar-refractivity contribution is 0.292. The molecule has 0 spiro atoms. The molecule has 0 fully saturated rings. The van der Waals surface area contributed by atoms with Gasteiger partial charge in [-0.3, -0.25) is 10.1 Å². The second-order valence-corrected chi connectivity index (χ2v) is 6.16. The molecule has 3 aromatic rings. The molecule has 26 heavy (non-hydrogen) atoms. The molecule has 0 bridgehead atoms. The summed E-state index contributed by atoms with van der Waals surface area (Å²) < 4.78 is 0. The highest BCUT2D eigenvalue weighted by Crippen LogP contribution is 2.22. The van der Waals surface area contributed by atoms with E-state index in [9.17, 15) is 0 Å². The SMILES string of the molecule is CCN(CC)CCC(Nc1ccccc1)c1nc(-c2ccncc2)n[nH]1. The fourth-order valence-corrected chi connectivity index (χ4v) is 2.92. The summed E-state index contributed by atoms with van der Waals surface area (Å²) in [6.45, 7) is 7.49. The number of rotatable bonds is 9. The van der Waals surface area contributed by atoms with Crippen LogP contribution in [0, 0.1) is 0 Å². The average Bonchev–Trinajstić information content (AvgIpc) is 3.19. The molecule has 0 aliphatic carbocycles. The van der Waals surface area contributed by atoms with Gasteiger partial charge in [0.2, 0.25) is 0 Å². The number of aromatic amines is 1. The first kappa shape index (κ1) is 18.1. The number of hydrogen-bond donors (Lipinski definition) is 2. The Bertz CT molecular complexity index is 767. The number of para-hydroxylation sites is 1. The van der Waals surface area contributed by atoms with Gasteiger partial charge in [-0.05, 0) is 43.8 Å².